The molecule has 1 unspecified atom stereocenters. The predicted molar refractivity (Wildman–Crippen MR) is 78.3 cm³/mol. The topological polar surface area (TPSA) is 131 Å². The van der Waals surface area contributed by atoms with Crippen LogP contribution in [-0.4, -0.2) is 50.3 Å². The molecule has 0 amide bonds. The first kappa shape index (κ1) is 17.4. The number of nitrogens with one attached hydrogen (secondary N) is 1. The van der Waals surface area contributed by atoms with E-state index >= 15 is 0 Å². The van der Waals surface area contributed by atoms with Crippen LogP contribution in [0.5, 0.6) is 0 Å². The fourth-order valence-corrected chi connectivity index (χ4v) is 2.64. The highest BCUT2D eigenvalue weighted by Crippen LogP contribution is 2.37. The number of hydrogen-bond donors (Lipinski definition) is 4. The molecule has 9 heteroatoms. The third-order valence-electron chi connectivity index (χ3n) is 3.75. The molecule has 5 atom stereocenters. The van der Waals surface area contributed by atoms with Crippen LogP contribution in [0.1, 0.15) is 18.8 Å². The molecule has 0 spiro atoms. The van der Waals surface area contributed by atoms with Gasteiger partial charge in [0.1, 0.15) is 18.9 Å². The molecule has 1 aliphatic heterocycles. The van der Waals surface area contributed by atoms with Crippen molar-refractivity contribution < 1.29 is 19.3 Å². The van der Waals surface area contributed by atoms with Crippen molar-refractivity contribution in [2.45, 2.75) is 43.9 Å². The summed E-state index contributed by atoms with van der Waals surface area (Å²) in [5.41, 5.74) is 3.06. The number of ether oxygens (including phenoxy) is 1. The number of alkyl halides is 1. The maximum absolute atomic E-state index is 12.4. The molecule has 1 aromatic heterocycles. The maximum Gasteiger partial charge on any atom is 0.330 e. The smallest absolute Gasteiger partial charge is 0.330 e. The van der Waals surface area contributed by atoms with Crippen molar-refractivity contribution in [1.82, 2.24) is 9.55 Å². The Morgan fingerprint density at radius 1 is 1.61 bits per heavy atom. The zero-order valence-electron chi connectivity index (χ0n) is 12.6. The average Bonchev–Trinajstić information content (AvgIpc) is 2.70. The molecule has 126 valence electrons. The Labute approximate surface area is 130 Å². The number of aromatic nitrogens is 2. The van der Waals surface area contributed by atoms with Crippen LogP contribution in [0.15, 0.2) is 15.7 Å². The molecule has 23 heavy (non-hydrogen) atoms. The summed E-state index contributed by atoms with van der Waals surface area (Å²) < 4.78 is 19.0. The predicted octanol–water partition coefficient (Wildman–Crippen LogP) is -1.85. The van der Waals surface area contributed by atoms with E-state index in [1.54, 1.807) is 0 Å². The zero-order chi connectivity index (χ0) is 17.4. The minimum absolute atomic E-state index is 0.221. The van der Waals surface area contributed by atoms with Crippen LogP contribution in [0.2, 0.25) is 0 Å². The molecule has 1 aliphatic rings. The van der Waals surface area contributed by atoms with Crippen molar-refractivity contribution in [3.05, 3.63) is 32.6 Å². The van der Waals surface area contributed by atoms with E-state index in [9.17, 15) is 24.2 Å². The molecular formula is C14H18FN3O5. The second-order valence-corrected chi connectivity index (χ2v) is 5.46. The first-order valence-corrected chi connectivity index (χ1v) is 6.91. The number of aliphatic hydroxyl groups is 2. The van der Waals surface area contributed by atoms with Crippen molar-refractivity contribution >= 4 is 0 Å². The Kier molecular flexibility index (Phi) is 4.72. The Balaban J connectivity index is 2.63. The molecule has 2 heterocycles. The highest BCUT2D eigenvalue weighted by atomic mass is 19.1. The van der Waals surface area contributed by atoms with Gasteiger partial charge in [0.25, 0.3) is 5.56 Å². The van der Waals surface area contributed by atoms with E-state index in [0.717, 1.165) is 10.6 Å². The summed E-state index contributed by atoms with van der Waals surface area (Å²) in [6.07, 6.45) is -5.01. The van der Waals surface area contributed by atoms with E-state index in [0.29, 0.717) is 0 Å². The Morgan fingerprint density at radius 3 is 2.78 bits per heavy atom. The second kappa shape index (κ2) is 6.25. The molecule has 0 bridgehead atoms. The fourth-order valence-electron chi connectivity index (χ4n) is 2.64. The summed E-state index contributed by atoms with van der Waals surface area (Å²) in [6.45, 7) is 1.85. The highest BCUT2D eigenvalue weighted by molar-refractivity contribution is 5.27. The van der Waals surface area contributed by atoms with Crippen LogP contribution in [0.4, 0.5) is 4.39 Å². The van der Waals surface area contributed by atoms with Gasteiger partial charge in [-0.1, -0.05) is 11.8 Å². The van der Waals surface area contributed by atoms with E-state index in [4.69, 9.17) is 10.5 Å². The van der Waals surface area contributed by atoms with Crippen molar-refractivity contribution in [2.24, 2.45) is 5.73 Å². The van der Waals surface area contributed by atoms with Gasteiger partial charge < -0.3 is 20.7 Å². The minimum atomic E-state index is -1.83. The van der Waals surface area contributed by atoms with Crippen LogP contribution in [0.3, 0.4) is 0 Å². The van der Waals surface area contributed by atoms with Crippen molar-refractivity contribution in [1.29, 1.82) is 0 Å². The number of aryl methyl sites for hydroxylation is 1. The Bertz CT molecular complexity index is 762. The molecule has 0 radical (unpaired) electrons. The van der Waals surface area contributed by atoms with E-state index in [-0.39, 0.29) is 5.69 Å². The van der Waals surface area contributed by atoms with E-state index in [1.807, 2.05) is 0 Å². The lowest BCUT2D eigenvalue weighted by atomic mass is 9.90. The van der Waals surface area contributed by atoms with Crippen LogP contribution >= 0.6 is 0 Å². The van der Waals surface area contributed by atoms with Gasteiger partial charge >= 0.3 is 5.69 Å². The number of aliphatic hydroxyl groups excluding tert-OH is 2. The average molecular weight is 327 g/mol. The van der Waals surface area contributed by atoms with E-state index in [1.165, 1.54) is 13.8 Å². The van der Waals surface area contributed by atoms with Gasteiger partial charge in [-0.2, -0.15) is 0 Å². The first-order valence-electron chi connectivity index (χ1n) is 6.91. The fraction of sp³-hybridized carbons (Fsp3) is 0.571. The zero-order valence-corrected chi connectivity index (χ0v) is 12.6. The van der Waals surface area contributed by atoms with Gasteiger partial charge in [0.15, 0.2) is 11.8 Å². The van der Waals surface area contributed by atoms with Crippen molar-refractivity contribution in [3.8, 4) is 11.8 Å². The molecular weight excluding hydrogens is 309 g/mol. The third-order valence-corrected chi connectivity index (χ3v) is 3.75. The van der Waals surface area contributed by atoms with Crippen molar-refractivity contribution in [3.63, 3.8) is 0 Å². The highest BCUT2D eigenvalue weighted by Gasteiger charge is 2.56. The van der Waals surface area contributed by atoms with Crippen LogP contribution in [0.25, 0.3) is 0 Å². The van der Waals surface area contributed by atoms with Gasteiger partial charge in [-0.05, 0) is 13.8 Å². The summed E-state index contributed by atoms with van der Waals surface area (Å²) in [4.78, 5) is 25.5. The van der Waals surface area contributed by atoms with Crippen LogP contribution in [0, 0.1) is 18.8 Å². The largest absolute Gasteiger partial charge is 0.391 e. The molecule has 5 N–H and O–H groups in total. The maximum atomic E-state index is 12.4. The summed E-state index contributed by atoms with van der Waals surface area (Å²) in [6, 6.07) is 1.15. The summed E-state index contributed by atoms with van der Waals surface area (Å²) >= 11 is 0. The van der Waals surface area contributed by atoms with Crippen LogP contribution < -0.4 is 17.0 Å². The number of halogens is 1. The van der Waals surface area contributed by atoms with E-state index < -0.39 is 48.0 Å². The molecule has 0 saturated carbocycles. The summed E-state index contributed by atoms with van der Waals surface area (Å²) in [5, 5.41) is 20.1. The Morgan fingerprint density at radius 2 is 2.26 bits per heavy atom. The molecule has 0 aliphatic carbocycles. The third kappa shape index (κ3) is 2.94. The lowest BCUT2D eigenvalue weighted by Gasteiger charge is -2.29. The van der Waals surface area contributed by atoms with Gasteiger partial charge in [-0.3, -0.25) is 14.3 Å². The standard InChI is InChI=1S/C14H18FN3O5/c1-7-6-9(20)17-13(22)18(7)12-14(16,4-3-5-15)11(21)10(23-12)8(2)19/h6,8,10-12,19,21H,5,16H2,1-2H3,(H,17,20,22)/t8-,10-,11?,12-,14-/m1/s1. The number of hydrogen-bond acceptors (Lipinski definition) is 6. The first-order chi connectivity index (χ1) is 10.7. The SMILES string of the molecule is Cc1cc(=O)[nH]c(=O)n1[C@@H]1O[C@H]([C@@H](C)O)C(O)[C@]1(N)C#CCF. The monoisotopic (exact) mass is 327 g/mol. The number of nitrogens with zero attached hydrogens (tertiary/aromatic N) is 1. The number of H-pyrrole nitrogens is 1. The number of nitrogens with two attached hydrogens (primary N) is 1. The van der Waals surface area contributed by atoms with Gasteiger partial charge in [-0.15, -0.1) is 0 Å². The summed E-state index contributed by atoms with van der Waals surface area (Å²) in [7, 11) is 0. The Hall–Kier alpha value is -1.99. The molecule has 8 nitrogen and oxygen atoms in total. The summed E-state index contributed by atoms with van der Waals surface area (Å²) in [5.74, 6) is 4.49. The molecule has 1 aromatic rings. The lowest BCUT2D eigenvalue weighted by Crippen LogP contribution is -2.56. The molecule has 1 saturated heterocycles. The van der Waals surface area contributed by atoms with Gasteiger partial charge in [0.05, 0.1) is 6.10 Å². The second-order valence-electron chi connectivity index (χ2n) is 5.46. The lowest BCUT2D eigenvalue weighted by molar-refractivity contribution is -0.0784. The molecule has 0 aromatic carbocycles. The van der Waals surface area contributed by atoms with Crippen LogP contribution in [-0.2, 0) is 4.74 Å². The quantitative estimate of drug-likeness (QED) is 0.472. The number of rotatable bonds is 2. The van der Waals surface area contributed by atoms with Gasteiger partial charge in [0.2, 0.25) is 0 Å². The minimum Gasteiger partial charge on any atom is -0.391 e. The molecule has 2 rings (SSSR count). The van der Waals surface area contributed by atoms with Gasteiger partial charge in [0, 0.05) is 11.8 Å². The van der Waals surface area contributed by atoms with E-state index in [2.05, 4.69) is 16.8 Å². The normalized spacial score (nSPS) is 31.5. The van der Waals surface area contributed by atoms with Gasteiger partial charge in [-0.25, -0.2) is 9.18 Å². The van der Waals surface area contributed by atoms with Crippen molar-refractivity contribution in [2.75, 3.05) is 6.67 Å². The number of aromatic amines is 1. The molecule has 1 fully saturated rings.